The Kier molecular flexibility index (Phi) is 18.6. The summed E-state index contributed by atoms with van der Waals surface area (Å²) in [5, 5.41) is 153. The minimum atomic E-state index is -2.09. The van der Waals surface area contributed by atoms with Crippen LogP contribution < -0.4 is 0 Å². The molecular weight excluding hydrogens is 1100 g/mol. The average molecular weight is 1200 g/mol. The highest BCUT2D eigenvalue weighted by Gasteiger charge is 2.72. The number of carbonyl (C=O) groups excluding carboxylic acids is 1. The van der Waals surface area contributed by atoms with Gasteiger partial charge in [-0.1, -0.05) is 27.7 Å². The molecule has 7 heterocycles. The Balaban J connectivity index is 0.722. The van der Waals surface area contributed by atoms with Crippen LogP contribution in [0, 0.1) is 52.3 Å². The molecule has 0 aromatic heterocycles. The van der Waals surface area contributed by atoms with Gasteiger partial charge >= 0.3 is 0 Å². The van der Waals surface area contributed by atoms with Crippen molar-refractivity contribution in [3.8, 4) is 0 Å². The lowest BCUT2D eigenvalue weighted by atomic mass is 9.44. The Labute approximate surface area is 480 Å². The van der Waals surface area contributed by atoms with Crippen molar-refractivity contribution in [1.82, 2.24) is 0 Å². The number of hydrogen-bond donors (Lipinski definition) is 14. The molecule has 4 aliphatic carbocycles. The van der Waals surface area contributed by atoms with Gasteiger partial charge in [-0.3, -0.25) is 4.79 Å². The Morgan fingerprint density at radius 1 is 0.530 bits per heavy atom. The lowest BCUT2D eigenvalue weighted by molar-refractivity contribution is -0.407. The number of rotatable bonds is 13. The fraction of sp³-hybridized carbons (Fsp3) is 0.982. The molecule has 4 saturated carbocycles. The van der Waals surface area contributed by atoms with Crippen LogP contribution in [0.3, 0.4) is 0 Å². The third-order valence-corrected chi connectivity index (χ3v) is 21.9. The molecule has 0 amide bonds. The van der Waals surface area contributed by atoms with E-state index < -0.39 is 191 Å². The first-order chi connectivity index (χ1) is 39.4. The molecule has 11 aliphatic rings. The highest BCUT2D eigenvalue weighted by molar-refractivity contribution is 5.87. The average Bonchev–Trinajstić information content (AvgIpc) is 1.82. The van der Waals surface area contributed by atoms with Gasteiger partial charge in [0.15, 0.2) is 43.5 Å². The van der Waals surface area contributed by atoms with Gasteiger partial charge in [0.25, 0.3) is 0 Å². The fourth-order valence-electron chi connectivity index (χ4n) is 17.0. The fourth-order valence-corrected chi connectivity index (χ4v) is 17.0. The SMILES string of the molecule is C[C@H]1CC[C@@]2(OC1)O[C@H]1C[C@H]3[C@@H]4CC[C@H]5C[C@@H](O[C@H]6O[C@@H](CO)[C@@H](O[C@H]7O[C@@H](CO)[C@H](O[C@@H]8O[C@H](CO)[C@H](O[C@@H]9O[C@@H](C)[C@H](O)[C@@H](O)[C@H]9O)[C@H](O)[C@H]8O[C@H]8O[C@H](O)[C@H](O)C[C@@H]8O)[C@@H](O)[C@@H]7O)[C@@H](O)[C@@H]6O)CC[C@]5(C)[C@H]4CC(=O)[C@]3(C)[C@H]1[C@@H]2C. The van der Waals surface area contributed by atoms with Crippen LogP contribution in [0.1, 0.15) is 98.8 Å². The minimum absolute atomic E-state index is 0.0160. The first kappa shape index (κ1) is 63.2. The predicted molar refractivity (Wildman–Crippen MR) is 274 cm³/mol. The zero-order valence-corrected chi connectivity index (χ0v) is 47.5. The topological polar surface area (TPSA) is 411 Å². The number of ether oxygens (including phenoxy) is 12. The predicted octanol–water partition coefficient (Wildman–Crippen LogP) is -3.89. The van der Waals surface area contributed by atoms with Crippen molar-refractivity contribution in [3.05, 3.63) is 0 Å². The third kappa shape index (κ3) is 11.0. The number of aliphatic hydroxyl groups excluding tert-OH is 14. The van der Waals surface area contributed by atoms with E-state index in [9.17, 15) is 76.3 Å². The van der Waals surface area contributed by atoms with Gasteiger partial charge in [0.1, 0.15) is 110 Å². The molecule has 11 fully saturated rings. The van der Waals surface area contributed by atoms with Crippen LogP contribution in [0.5, 0.6) is 0 Å². The molecule has 27 heteroatoms. The summed E-state index contributed by atoms with van der Waals surface area (Å²) in [6, 6.07) is 0. The summed E-state index contributed by atoms with van der Waals surface area (Å²) in [5.74, 6) is 1.37. The smallest absolute Gasteiger partial charge is 0.187 e. The van der Waals surface area contributed by atoms with Crippen molar-refractivity contribution in [2.24, 2.45) is 52.3 Å². The minimum Gasteiger partial charge on any atom is -0.394 e. The first-order valence-electron chi connectivity index (χ1n) is 30.1. The lowest BCUT2D eigenvalue weighted by Crippen LogP contribution is -2.68. The van der Waals surface area contributed by atoms with Crippen molar-refractivity contribution >= 4 is 5.78 Å². The molecule has 83 heavy (non-hydrogen) atoms. The Morgan fingerprint density at radius 3 is 1.71 bits per heavy atom. The Morgan fingerprint density at radius 2 is 1.10 bits per heavy atom. The molecule has 36 atom stereocenters. The summed E-state index contributed by atoms with van der Waals surface area (Å²) in [7, 11) is 0. The zero-order valence-electron chi connectivity index (χ0n) is 47.5. The molecule has 0 aromatic carbocycles. The standard InChI is InChI=1S/C56H90O27/c1-20-8-11-56(72-19-20)21(2)35-30(83-56)13-27-25-7-6-23-12-24(9-10-54(23,4)26(25)14-34(62)55(27,35)5)74-51-41(68)38(65)44(31(16-57)75-51)78-52-42(69)39(66)45(32(17-58)76-52)80-53-47(81-49-29(61)15-28(60)48(71)82-49)43(70)46(33(18-59)77-53)79-50-40(67)37(64)36(63)22(3)73-50/h20-33,35-53,57-61,63-71H,6-19H2,1-5H3/t20-,21-,22-,23-,24-,25+,26-,27-,28+,29-,30-,31-,32-,33+,35-,36-,37+,38-,39-,40+,41-,42-,43-,44+,45-,46-,47+,48-,49-,50-,51-,52+,53-,54-,55+,56+/m0/s1. The van der Waals surface area contributed by atoms with Crippen molar-refractivity contribution in [2.45, 2.75) is 264 Å². The van der Waals surface area contributed by atoms with Crippen LogP contribution in [-0.4, -0.2) is 269 Å². The summed E-state index contributed by atoms with van der Waals surface area (Å²) < 4.78 is 72.4. The monoisotopic (exact) mass is 1190 g/mol. The molecule has 0 radical (unpaired) electrons. The maximum Gasteiger partial charge on any atom is 0.187 e. The molecule has 11 rings (SSSR count). The van der Waals surface area contributed by atoms with Gasteiger partial charge in [-0.2, -0.15) is 0 Å². The number of fused-ring (bicyclic) bond motifs is 7. The molecule has 14 N–H and O–H groups in total. The van der Waals surface area contributed by atoms with Gasteiger partial charge in [-0.05, 0) is 86.9 Å². The number of Topliss-reactive ketones (excluding diaryl/α,β-unsaturated/α-hetero) is 1. The molecule has 7 saturated heterocycles. The maximum absolute atomic E-state index is 14.7. The van der Waals surface area contributed by atoms with Crippen LogP contribution in [0.2, 0.25) is 0 Å². The number of carbonyl (C=O) groups is 1. The summed E-state index contributed by atoms with van der Waals surface area (Å²) in [6.07, 6.45) is -35.5. The van der Waals surface area contributed by atoms with Crippen LogP contribution in [-0.2, 0) is 61.6 Å². The second kappa shape index (κ2) is 24.4. The molecule has 476 valence electrons. The van der Waals surface area contributed by atoms with Crippen LogP contribution in [0.15, 0.2) is 0 Å². The van der Waals surface area contributed by atoms with E-state index in [2.05, 4.69) is 27.7 Å². The summed E-state index contributed by atoms with van der Waals surface area (Å²) in [5.41, 5.74) is -0.632. The van der Waals surface area contributed by atoms with Gasteiger partial charge in [0, 0.05) is 36.5 Å². The van der Waals surface area contributed by atoms with Crippen molar-refractivity contribution in [3.63, 3.8) is 0 Å². The number of aliphatic hydroxyl groups is 14. The Bertz CT molecular complexity index is 2210. The van der Waals surface area contributed by atoms with E-state index in [1.54, 1.807) is 0 Å². The number of hydrogen-bond acceptors (Lipinski definition) is 27. The van der Waals surface area contributed by atoms with Crippen LogP contribution in [0.25, 0.3) is 0 Å². The summed E-state index contributed by atoms with van der Waals surface area (Å²) >= 11 is 0. The van der Waals surface area contributed by atoms with E-state index in [-0.39, 0.29) is 41.1 Å². The van der Waals surface area contributed by atoms with Crippen molar-refractivity contribution < 1.29 is 133 Å². The van der Waals surface area contributed by atoms with E-state index in [0.29, 0.717) is 43.5 Å². The van der Waals surface area contributed by atoms with E-state index in [1.165, 1.54) is 6.92 Å². The molecular formula is C56H90O27. The highest BCUT2D eigenvalue weighted by atomic mass is 16.8. The van der Waals surface area contributed by atoms with Gasteiger partial charge in [0.05, 0.1) is 44.7 Å². The normalized spacial score (nSPS) is 57.4. The second-order valence-electron chi connectivity index (χ2n) is 26.6. The third-order valence-electron chi connectivity index (χ3n) is 21.9. The van der Waals surface area contributed by atoms with E-state index >= 15 is 0 Å². The van der Waals surface area contributed by atoms with Crippen molar-refractivity contribution in [2.75, 3.05) is 26.4 Å². The summed E-state index contributed by atoms with van der Waals surface area (Å²) in [6.45, 7) is 8.31. The second-order valence-corrected chi connectivity index (χ2v) is 26.6. The lowest BCUT2D eigenvalue weighted by Gasteiger charge is -2.60. The van der Waals surface area contributed by atoms with Gasteiger partial charge in [-0.15, -0.1) is 0 Å². The first-order valence-corrected chi connectivity index (χ1v) is 30.1. The molecule has 0 unspecified atom stereocenters. The quantitative estimate of drug-likeness (QED) is 0.0784. The van der Waals surface area contributed by atoms with Crippen LogP contribution >= 0.6 is 0 Å². The van der Waals surface area contributed by atoms with Gasteiger partial charge < -0.3 is 128 Å². The molecule has 1 spiro atoms. The zero-order chi connectivity index (χ0) is 59.5. The highest BCUT2D eigenvalue weighted by Crippen LogP contribution is 2.70. The van der Waals surface area contributed by atoms with E-state index in [1.807, 2.05) is 0 Å². The van der Waals surface area contributed by atoms with E-state index in [0.717, 1.165) is 38.5 Å². The summed E-state index contributed by atoms with van der Waals surface area (Å²) in [4.78, 5) is 14.7. The largest absolute Gasteiger partial charge is 0.394 e. The van der Waals surface area contributed by atoms with Crippen molar-refractivity contribution in [1.29, 1.82) is 0 Å². The molecule has 0 aromatic rings. The molecule has 0 bridgehead atoms. The van der Waals surface area contributed by atoms with Crippen LogP contribution in [0.4, 0.5) is 0 Å². The maximum atomic E-state index is 14.7. The van der Waals surface area contributed by atoms with E-state index in [4.69, 9.17) is 56.8 Å². The van der Waals surface area contributed by atoms with Gasteiger partial charge in [0.2, 0.25) is 0 Å². The Hall–Kier alpha value is -1.37. The number of ketones is 1. The van der Waals surface area contributed by atoms with Gasteiger partial charge in [-0.25, -0.2) is 0 Å². The molecule has 27 nitrogen and oxygen atoms in total. The molecule has 7 aliphatic heterocycles.